The highest BCUT2D eigenvalue weighted by Crippen LogP contribution is 2.40. The number of amides is 1. The van der Waals surface area contributed by atoms with Gasteiger partial charge in [-0.2, -0.15) is 0 Å². The highest BCUT2D eigenvalue weighted by Gasteiger charge is 2.56. The van der Waals surface area contributed by atoms with Crippen LogP contribution in [0.5, 0.6) is 0 Å². The monoisotopic (exact) mass is 874 g/mol. The summed E-state index contributed by atoms with van der Waals surface area (Å²) in [6.45, 7) is 11.4. The molecule has 3 saturated heterocycles. The zero-order valence-electron chi connectivity index (χ0n) is 37.3. The highest BCUT2D eigenvalue weighted by molar-refractivity contribution is 6.08. The molecule has 0 unspecified atom stereocenters. The fourth-order valence-electron chi connectivity index (χ4n) is 8.31. The van der Waals surface area contributed by atoms with Crippen LogP contribution in [0.3, 0.4) is 0 Å². The van der Waals surface area contributed by atoms with Gasteiger partial charge in [-0.1, -0.05) is 38.9 Å². The van der Waals surface area contributed by atoms with Crippen LogP contribution >= 0.6 is 0 Å². The smallest absolute Gasteiger partial charge is 0.351 e. The van der Waals surface area contributed by atoms with Crippen molar-refractivity contribution in [3.63, 3.8) is 0 Å². The maximum absolute atomic E-state index is 16.9. The van der Waals surface area contributed by atoms with Crippen LogP contribution in [0, 0.1) is 11.8 Å². The van der Waals surface area contributed by atoms with Gasteiger partial charge in [-0.25, -0.2) is 24.1 Å². The van der Waals surface area contributed by atoms with E-state index in [0.717, 1.165) is 6.92 Å². The largest absolute Gasteiger partial charge is 0.457 e. The minimum atomic E-state index is -3.23. The molecule has 19 heteroatoms. The molecule has 0 spiro atoms. The molecule has 3 aliphatic rings. The molecular formula is C43H63FN6O12. The van der Waals surface area contributed by atoms with Gasteiger partial charge in [0, 0.05) is 30.5 Å². The fourth-order valence-corrected chi connectivity index (χ4v) is 8.31. The van der Waals surface area contributed by atoms with Crippen LogP contribution in [-0.2, 0) is 49.5 Å². The van der Waals surface area contributed by atoms with Gasteiger partial charge in [-0.15, -0.1) is 0 Å². The number of likely N-dealkylation sites (N-methyl/N-ethyl adjacent to an activating group) is 1. The summed E-state index contributed by atoms with van der Waals surface area (Å²) in [5.41, 5.74) is 0.233. The number of aromatic nitrogens is 2. The number of aliphatic hydroxyl groups excluding tert-OH is 1. The lowest BCUT2D eigenvalue weighted by Gasteiger charge is -2.47. The molecule has 2 bridgehead atoms. The minimum absolute atomic E-state index is 0.00596. The van der Waals surface area contributed by atoms with Gasteiger partial charge in [0.05, 0.1) is 37.1 Å². The second-order valence-electron chi connectivity index (χ2n) is 17.4. The summed E-state index contributed by atoms with van der Waals surface area (Å²) in [5, 5.41) is 28.3. The number of Topliss-reactive ketones (excluding diaryl/α,β-unsaturated/α-hetero) is 1. The van der Waals surface area contributed by atoms with Crippen molar-refractivity contribution < 1.29 is 61.9 Å². The number of aliphatic imine (C=N–C) groups is 1. The Labute approximate surface area is 361 Å². The standard InChI is InChI=1S/C43H63FN6O12/c1-11-31-43(8,55)32-17-29(48-34(51)12-2)23(3)18-41(6,58-21-27(20-56-32)49-59-22-26-19-57-38(46-26)28-14-13-15-33(45)47-28)37(25(5)36(53)42(7,44)40(54)61-31)62-39-35(52)30(50(9)10)16-24(4)60-39/h13-15,19,23-25,30-32,35,37,39,52,55H,11-12,16-18,20-22H2,1-10H3,(H2,45,47)/b48-29?,49-27+/t23-,24-,25+,30+,31-,32+,35-,37-,39+,41-,42+,43-/m1/s1. The predicted octanol–water partition coefficient (Wildman–Crippen LogP) is 3.99. The third-order valence-corrected chi connectivity index (χ3v) is 12.0. The molecule has 62 heavy (non-hydrogen) atoms. The third-order valence-electron chi connectivity index (χ3n) is 12.0. The van der Waals surface area contributed by atoms with Crippen molar-refractivity contribution in [2.45, 2.75) is 154 Å². The molecule has 5 rings (SSSR count). The SMILES string of the molecule is CCC(=O)N=C1C[C@@H]2OC/C(=N\OCc3coc(-c4cccc(N)n4)n3)CO[C@](C)(C[C@H]1C)[C@H](O[C@@H]1O[C@H](C)C[C@H](N(C)C)[C@H]1O)[C@@H](C)C(=O)[C@](C)(F)C(=O)O[C@H](CC)[C@@]2(C)O. The summed E-state index contributed by atoms with van der Waals surface area (Å²) in [5.74, 6) is -4.74. The van der Waals surface area contributed by atoms with Crippen LogP contribution in [0.2, 0.25) is 0 Å². The number of hydrogen-bond acceptors (Lipinski definition) is 17. The van der Waals surface area contributed by atoms with Gasteiger partial charge < -0.3 is 53.8 Å². The summed E-state index contributed by atoms with van der Waals surface area (Å²) in [6.07, 6.45) is -5.25. The number of hydrogen-bond donors (Lipinski definition) is 3. The summed E-state index contributed by atoms with van der Waals surface area (Å²) < 4.78 is 54.1. The Hall–Kier alpha value is -4.24. The molecule has 1 amide bonds. The zero-order valence-corrected chi connectivity index (χ0v) is 37.3. The van der Waals surface area contributed by atoms with Gasteiger partial charge in [-0.05, 0) is 79.1 Å². The molecule has 5 heterocycles. The number of halogens is 1. The second-order valence-corrected chi connectivity index (χ2v) is 17.4. The van der Waals surface area contributed by atoms with E-state index in [9.17, 15) is 24.6 Å². The van der Waals surface area contributed by atoms with E-state index in [-0.39, 0.29) is 62.9 Å². The lowest BCUT2D eigenvalue weighted by molar-refractivity contribution is -0.296. The van der Waals surface area contributed by atoms with Crippen LogP contribution in [0.4, 0.5) is 10.2 Å². The van der Waals surface area contributed by atoms with Gasteiger partial charge >= 0.3 is 5.97 Å². The second kappa shape index (κ2) is 20.1. The predicted molar refractivity (Wildman–Crippen MR) is 223 cm³/mol. The first-order valence-corrected chi connectivity index (χ1v) is 21.1. The number of rotatable bonds is 9. The number of carbonyl (C=O) groups is 3. The first kappa shape index (κ1) is 48.8. The summed E-state index contributed by atoms with van der Waals surface area (Å²) in [4.78, 5) is 62.0. The molecular weight excluding hydrogens is 812 g/mol. The van der Waals surface area contributed by atoms with E-state index in [0.29, 0.717) is 23.5 Å². The van der Waals surface area contributed by atoms with Gasteiger partial charge in [0.15, 0.2) is 18.7 Å². The van der Waals surface area contributed by atoms with Gasteiger partial charge in [0.1, 0.15) is 47.0 Å². The normalized spacial score (nSPS) is 36.8. The summed E-state index contributed by atoms with van der Waals surface area (Å²) in [7, 11) is 3.62. The van der Waals surface area contributed by atoms with Crippen molar-refractivity contribution in [3.8, 4) is 11.6 Å². The molecule has 2 aromatic heterocycles. The Bertz CT molecular complexity index is 1960. The number of carbonyl (C=O) groups excluding carboxylic acids is 3. The lowest BCUT2D eigenvalue weighted by Crippen LogP contribution is -2.61. The molecule has 0 radical (unpaired) electrons. The number of anilines is 1. The number of pyridine rings is 1. The van der Waals surface area contributed by atoms with E-state index in [4.69, 9.17) is 38.7 Å². The molecule has 4 N–H and O–H groups in total. The molecule has 2 aromatic rings. The van der Waals surface area contributed by atoms with Crippen LogP contribution in [0.1, 0.15) is 93.2 Å². The lowest BCUT2D eigenvalue weighted by atomic mass is 9.75. The van der Waals surface area contributed by atoms with Crippen LogP contribution in [0.15, 0.2) is 39.0 Å². The quantitative estimate of drug-likeness (QED) is 0.183. The summed E-state index contributed by atoms with van der Waals surface area (Å²) in [6, 6.07) is 4.62. The number of alkyl halides is 1. The maximum atomic E-state index is 16.9. The Morgan fingerprint density at radius 2 is 1.84 bits per heavy atom. The van der Waals surface area contributed by atoms with Crippen LogP contribution in [0.25, 0.3) is 11.6 Å². The number of ketones is 1. The van der Waals surface area contributed by atoms with E-state index in [2.05, 4.69) is 20.1 Å². The number of aliphatic hydroxyl groups is 2. The van der Waals surface area contributed by atoms with Gasteiger partial charge in [0.2, 0.25) is 11.8 Å². The molecule has 0 aromatic carbocycles. The van der Waals surface area contributed by atoms with E-state index in [1.807, 2.05) is 25.9 Å². The van der Waals surface area contributed by atoms with Crippen molar-refractivity contribution in [2.24, 2.45) is 22.0 Å². The number of esters is 1. The van der Waals surface area contributed by atoms with Crippen molar-refractivity contribution in [2.75, 3.05) is 33.0 Å². The summed E-state index contributed by atoms with van der Waals surface area (Å²) >= 11 is 0. The van der Waals surface area contributed by atoms with Crippen LogP contribution < -0.4 is 5.73 Å². The molecule has 0 aliphatic carbocycles. The molecule has 12 atom stereocenters. The van der Waals surface area contributed by atoms with E-state index in [1.165, 1.54) is 20.1 Å². The molecule has 0 saturated carbocycles. The minimum Gasteiger partial charge on any atom is -0.457 e. The number of nitrogen functional groups attached to an aromatic ring is 1. The number of ether oxygens (including phenoxy) is 5. The van der Waals surface area contributed by atoms with Crippen molar-refractivity contribution in [1.29, 1.82) is 0 Å². The third kappa shape index (κ3) is 11.1. The number of nitrogens with two attached hydrogens (primary N) is 1. The Kier molecular flexibility index (Phi) is 15.8. The number of oxazole rings is 1. The fraction of sp³-hybridized carbons (Fsp3) is 0.698. The zero-order chi connectivity index (χ0) is 45.7. The molecule has 18 nitrogen and oxygen atoms in total. The van der Waals surface area contributed by atoms with Crippen molar-refractivity contribution in [3.05, 3.63) is 30.2 Å². The molecule has 344 valence electrons. The van der Waals surface area contributed by atoms with Crippen molar-refractivity contribution >= 4 is 34.9 Å². The Morgan fingerprint density at radius 1 is 1.11 bits per heavy atom. The Balaban J connectivity index is 1.64. The number of oxime groups is 1. The number of nitrogens with zero attached hydrogens (tertiary/aromatic N) is 5. The average molecular weight is 875 g/mol. The van der Waals surface area contributed by atoms with E-state index >= 15 is 4.39 Å². The van der Waals surface area contributed by atoms with Crippen molar-refractivity contribution in [1.82, 2.24) is 14.9 Å². The first-order chi connectivity index (χ1) is 29.1. The topological polar surface area (TPSA) is 240 Å². The first-order valence-electron chi connectivity index (χ1n) is 21.1. The number of cyclic esters (lactones) is 1. The number of fused-ring (bicyclic) bond motifs is 5. The van der Waals surface area contributed by atoms with E-state index < -0.39 is 89.2 Å². The molecule has 3 fully saturated rings. The Morgan fingerprint density at radius 3 is 2.50 bits per heavy atom. The van der Waals surface area contributed by atoms with Crippen LogP contribution in [-0.4, -0.2) is 141 Å². The highest BCUT2D eigenvalue weighted by atomic mass is 19.1. The molecule has 3 aliphatic heterocycles. The average Bonchev–Trinajstić information content (AvgIpc) is 3.69. The maximum Gasteiger partial charge on any atom is 0.351 e. The van der Waals surface area contributed by atoms with E-state index in [1.54, 1.807) is 45.9 Å². The van der Waals surface area contributed by atoms with Gasteiger partial charge in [-0.3, -0.25) is 9.59 Å². The van der Waals surface area contributed by atoms with Gasteiger partial charge in [0.25, 0.3) is 5.67 Å².